The molecule has 0 aliphatic heterocycles. The molecule has 5 nitrogen and oxygen atoms in total. The fourth-order valence-electron chi connectivity index (χ4n) is 2.74. The average Bonchev–Trinajstić information content (AvgIpc) is 2.99. The van der Waals surface area contributed by atoms with Gasteiger partial charge in [-0.25, -0.2) is 4.98 Å². The average molecular weight is 388 g/mol. The number of anilines is 1. The number of aliphatic imine (C=N–C) groups is 1. The minimum Gasteiger partial charge on any atom is -0.375 e. The van der Waals surface area contributed by atoms with Gasteiger partial charge in [-0.1, -0.05) is 18.2 Å². The number of thiazole rings is 1. The Kier molecular flexibility index (Phi) is 9.11. The van der Waals surface area contributed by atoms with Crippen LogP contribution in [-0.4, -0.2) is 44.2 Å². The van der Waals surface area contributed by atoms with Gasteiger partial charge in [0.1, 0.15) is 0 Å². The molecule has 0 spiro atoms. The highest BCUT2D eigenvalue weighted by atomic mass is 32.1. The van der Waals surface area contributed by atoms with Crippen LogP contribution in [0.2, 0.25) is 0 Å². The molecule has 0 radical (unpaired) electrons. The Labute approximate surface area is 167 Å². The van der Waals surface area contributed by atoms with Crippen LogP contribution in [0.1, 0.15) is 35.3 Å². The fourth-order valence-corrected chi connectivity index (χ4v) is 3.67. The lowest BCUT2D eigenvalue weighted by Crippen LogP contribution is -2.38. The fraction of sp³-hybridized carbons (Fsp3) is 0.524. The molecule has 27 heavy (non-hydrogen) atoms. The molecule has 1 aromatic heterocycles. The second-order valence-corrected chi connectivity index (χ2v) is 7.94. The Hall–Kier alpha value is -2.08. The van der Waals surface area contributed by atoms with E-state index in [1.165, 1.54) is 15.6 Å². The number of aromatic nitrogens is 1. The molecular formula is C21H33N5S. The Morgan fingerprint density at radius 2 is 1.93 bits per heavy atom. The summed E-state index contributed by atoms with van der Waals surface area (Å²) in [6.07, 6.45) is 3.15. The molecule has 0 fully saturated rings. The van der Waals surface area contributed by atoms with Crippen LogP contribution in [0.25, 0.3) is 0 Å². The summed E-state index contributed by atoms with van der Waals surface area (Å²) in [5, 5.41) is 7.93. The molecule has 1 heterocycles. The van der Waals surface area contributed by atoms with Crippen molar-refractivity contribution >= 4 is 23.0 Å². The molecule has 0 aliphatic rings. The van der Waals surface area contributed by atoms with Gasteiger partial charge in [-0.3, -0.25) is 4.99 Å². The Bertz CT molecular complexity index is 676. The van der Waals surface area contributed by atoms with Gasteiger partial charge in [-0.15, -0.1) is 11.3 Å². The van der Waals surface area contributed by atoms with Gasteiger partial charge < -0.3 is 15.5 Å². The predicted octanol–water partition coefficient (Wildman–Crippen LogP) is 3.77. The second-order valence-electron chi connectivity index (χ2n) is 6.65. The molecule has 0 aliphatic carbocycles. The highest BCUT2D eigenvalue weighted by Crippen LogP contribution is 2.16. The molecular weight excluding hydrogens is 354 g/mol. The van der Waals surface area contributed by atoms with Crippen molar-refractivity contribution in [1.29, 1.82) is 0 Å². The summed E-state index contributed by atoms with van der Waals surface area (Å²) < 4.78 is 0. The van der Waals surface area contributed by atoms with Crippen LogP contribution in [0.15, 0.2) is 35.3 Å². The van der Waals surface area contributed by atoms with Gasteiger partial charge in [0, 0.05) is 50.2 Å². The van der Waals surface area contributed by atoms with Crippen LogP contribution >= 0.6 is 11.3 Å². The SMILES string of the molecule is CCNC(=NCCCCN(C)c1ccccc1)NCCc1nc(C)c(C)s1. The van der Waals surface area contributed by atoms with Crippen molar-refractivity contribution in [3.63, 3.8) is 0 Å². The summed E-state index contributed by atoms with van der Waals surface area (Å²) >= 11 is 1.79. The molecule has 2 N–H and O–H groups in total. The molecule has 0 amide bonds. The zero-order valence-electron chi connectivity index (χ0n) is 17.1. The summed E-state index contributed by atoms with van der Waals surface area (Å²) in [5.41, 5.74) is 2.42. The van der Waals surface area contributed by atoms with E-state index in [0.29, 0.717) is 0 Å². The molecule has 1 aromatic carbocycles. The topological polar surface area (TPSA) is 52.6 Å². The zero-order chi connectivity index (χ0) is 19.5. The molecule has 0 bridgehead atoms. The van der Waals surface area contributed by atoms with E-state index in [9.17, 15) is 0 Å². The van der Waals surface area contributed by atoms with Crippen LogP contribution in [0, 0.1) is 13.8 Å². The van der Waals surface area contributed by atoms with E-state index in [1.807, 2.05) is 0 Å². The van der Waals surface area contributed by atoms with Gasteiger partial charge >= 0.3 is 0 Å². The lowest BCUT2D eigenvalue weighted by atomic mass is 10.2. The van der Waals surface area contributed by atoms with Gasteiger partial charge in [-0.05, 0) is 45.7 Å². The van der Waals surface area contributed by atoms with Crippen molar-refractivity contribution in [3.8, 4) is 0 Å². The number of para-hydroxylation sites is 1. The third-order valence-corrected chi connectivity index (χ3v) is 5.55. The van der Waals surface area contributed by atoms with Crippen molar-refractivity contribution in [3.05, 3.63) is 45.9 Å². The van der Waals surface area contributed by atoms with Crippen molar-refractivity contribution in [2.24, 2.45) is 4.99 Å². The largest absolute Gasteiger partial charge is 0.375 e. The maximum atomic E-state index is 4.70. The maximum absolute atomic E-state index is 4.70. The predicted molar refractivity (Wildman–Crippen MR) is 118 cm³/mol. The van der Waals surface area contributed by atoms with E-state index in [0.717, 1.165) is 57.1 Å². The summed E-state index contributed by atoms with van der Waals surface area (Å²) in [6, 6.07) is 10.5. The Morgan fingerprint density at radius 3 is 2.59 bits per heavy atom. The minimum absolute atomic E-state index is 0.841. The van der Waals surface area contributed by atoms with Crippen molar-refractivity contribution in [2.45, 2.75) is 40.0 Å². The molecule has 0 unspecified atom stereocenters. The third kappa shape index (κ3) is 7.59. The van der Waals surface area contributed by atoms with E-state index < -0.39 is 0 Å². The third-order valence-electron chi connectivity index (χ3n) is 4.42. The van der Waals surface area contributed by atoms with Gasteiger partial charge in [0.05, 0.1) is 10.7 Å². The first kappa shape index (κ1) is 21.2. The minimum atomic E-state index is 0.841. The summed E-state index contributed by atoms with van der Waals surface area (Å²) in [5.74, 6) is 0.902. The van der Waals surface area contributed by atoms with Crippen molar-refractivity contribution in [1.82, 2.24) is 15.6 Å². The monoisotopic (exact) mass is 387 g/mol. The van der Waals surface area contributed by atoms with E-state index in [2.05, 4.69) is 78.7 Å². The summed E-state index contributed by atoms with van der Waals surface area (Å²) in [4.78, 5) is 12.9. The Morgan fingerprint density at radius 1 is 1.15 bits per heavy atom. The second kappa shape index (κ2) is 11.6. The number of guanidine groups is 1. The molecule has 2 aromatic rings. The molecule has 6 heteroatoms. The van der Waals surface area contributed by atoms with Crippen LogP contribution < -0.4 is 15.5 Å². The standard InChI is InChI=1S/C21H33N5S/c1-5-22-21(24-15-13-20-25-17(2)18(3)27-20)23-14-9-10-16-26(4)19-11-7-6-8-12-19/h6-8,11-12H,5,9-10,13-16H2,1-4H3,(H2,22,23,24). The first-order valence-electron chi connectivity index (χ1n) is 9.81. The first-order chi connectivity index (χ1) is 13.1. The highest BCUT2D eigenvalue weighted by Gasteiger charge is 2.04. The van der Waals surface area contributed by atoms with Gasteiger partial charge in [0.2, 0.25) is 0 Å². The highest BCUT2D eigenvalue weighted by molar-refractivity contribution is 7.11. The summed E-state index contributed by atoms with van der Waals surface area (Å²) in [7, 11) is 2.15. The zero-order valence-corrected chi connectivity index (χ0v) is 17.9. The lowest BCUT2D eigenvalue weighted by molar-refractivity contribution is 0.718. The van der Waals surface area contributed by atoms with Gasteiger partial charge in [-0.2, -0.15) is 0 Å². The lowest BCUT2D eigenvalue weighted by Gasteiger charge is -2.18. The van der Waals surface area contributed by atoms with E-state index in [-0.39, 0.29) is 0 Å². The number of benzene rings is 1. The maximum Gasteiger partial charge on any atom is 0.191 e. The van der Waals surface area contributed by atoms with Crippen LogP contribution in [0.5, 0.6) is 0 Å². The van der Waals surface area contributed by atoms with Crippen LogP contribution in [0.3, 0.4) is 0 Å². The molecule has 2 rings (SSSR count). The number of unbranched alkanes of at least 4 members (excludes halogenated alkanes) is 1. The summed E-state index contributed by atoms with van der Waals surface area (Å²) in [6.45, 7) is 9.92. The molecule has 0 atom stereocenters. The van der Waals surface area contributed by atoms with Gasteiger partial charge in [0.15, 0.2) is 5.96 Å². The van der Waals surface area contributed by atoms with E-state index in [1.54, 1.807) is 11.3 Å². The number of rotatable bonds is 10. The van der Waals surface area contributed by atoms with E-state index in [4.69, 9.17) is 4.99 Å². The first-order valence-corrected chi connectivity index (χ1v) is 10.6. The normalized spacial score (nSPS) is 11.5. The number of hydrogen-bond acceptors (Lipinski definition) is 4. The van der Waals surface area contributed by atoms with Crippen molar-refractivity contribution < 1.29 is 0 Å². The van der Waals surface area contributed by atoms with Crippen molar-refractivity contribution in [2.75, 3.05) is 38.1 Å². The molecule has 148 valence electrons. The molecule has 0 saturated heterocycles. The van der Waals surface area contributed by atoms with Gasteiger partial charge in [0.25, 0.3) is 0 Å². The number of hydrogen-bond donors (Lipinski definition) is 2. The Balaban J connectivity index is 1.68. The van der Waals surface area contributed by atoms with Crippen LogP contribution in [0.4, 0.5) is 5.69 Å². The quantitative estimate of drug-likeness (QED) is 0.370. The van der Waals surface area contributed by atoms with Crippen LogP contribution in [-0.2, 0) is 6.42 Å². The number of nitrogens with one attached hydrogen (secondary N) is 2. The van der Waals surface area contributed by atoms with E-state index >= 15 is 0 Å². The molecule has 0 saturated carbocycles. The smallest absolute Gasteiger partial charge is 0.191 e. The number of aryl methyl sites for hydroxylation is 2. The number of nitrogens with zero attached hydrogens (tertiary/aromatic N) is 3.